The number of hydroxylamine groups is 1. The Morgan fingerprint density at radius 2 is 2.62 bits per heavy atom. The molecule has 46 valence electrons. The zero-order chi connectivity index (χ0) is 6.41. The largest absolute Gasteiger partial charge is 0.598 e. The van der Waals surface area contributed by atoms with Crippen LogP contribution in [0.1, 0.15) is 0 Å². The maximum Gasteiger partial charge on any atom is 0.199 e. The minimum Gasteiger partial charge on any atom is -0.598 e. The molecule has 0 saturated carbocycles. The quantitative estimate of drug-likeness (QED) is 0.179. The molecule has 0 unspecified atom stereocenters. The minimum atomic E-state index is 0.270. The zero-order valence-electron chi connectivity index (χ0n) is 4.70. The first-order valence-corrected chi connectivity index (χ1v) is 2.12. The van der Waals surface area contributed by atoms with Gasteiger partial charge in [-0.2, -0.15) is 0 Å². The van der Waals surface area contributed by atoms with Crippen molar-refractivity contribution in [1.82, 2.24) is 0 Å². The van der Waals surface area contributed by atoms with E-state index in [0.717, 1.165) is 0 Å². The minimum absolute atomic E-state index is 0.270. The third-order valence-corrected chi connectivity index (χ3v) is 0.365. The highest BCUT2D eigenvalue weighted by molar-refractivity contribution is 4.62. The Morgan fingerprint density at radius 1 is 2.00 bits per heavy atom. The van der Waals surface area contributed by atoms with Crippen molar-refractivity contribution in [2.24, 2.45) is 5.28 Å². The third kappa shape index (κ3) is 4.94. The molecule has 0 aromatic rings. The van der Waals surface area contributed by atoms with E-state index in [-0.39, 0.29) is 6.61 Å². The van der Waals surface area contributed by atoms with Gasteiger partial charge in [0.05, 0.1) is 0 Å². The Balaban J connectivity index is 3.15. The Hall–Kier alpha value is -1.06. The third-order valence-electron chi connectivity index (χ3n) is 0.365. The van der Waals surface area contributed by atoms with Crippen molar-refractivity contribution in [3.05, 3.63) is 17.9 Å². The van der Waals surface area contributed by atoms with Crippen LogP contribution in [0, 0.1) is 5.21 Å². The lowest BCUT2D eigenvalue weighted by atomic mass is 10.7. The van der Waals surface area contributed by atoms with Crippen molar-refractivity contribution < 1.29 is 9.70 Å². The average molecular weight is 116 g/mol. The van der Waals surface area contributed by atoms with E-state index in [1.54, 1.807) is 0 Å². The lowest BCUT2D eigenvalue weighted by molar-refractivity contribution is -0.530. The smallest absolute Gasteiger partial charge is 0.199 e. The fourth-order valence-electron chi connectivity index (χ4n) is 0.167. The van der Waals surface area contributed by atoms with Crippen molar-refractivity contribution in [3.8, 4) is 0 Å². The van der Waals surface area contributed by atoms with E-state index in [9.17, 15) is 5.21 Å². The number of hydrogen-bond donors (Lipinski definition) is 0. The van der Waals surface area contributed by atoms with Gasteiger partial charge >= 0.3 is 0 Å². The Morgan fingerprint density at radius 3 is 3.00 bits per heavy atom. The number of nitrogens with zero attached hydrogens (tertiary/aromatic N) is 2. The predicted molar refractivity (Wildman–Crippen MR) is 28.1 cm³/mol. The second kappa shape index (κ2) is 4.11. The Bertz CT molecular complexity index is 96.2. The summed E-state index contributed by atoms with van der Waals surface area (Å²) in [5.74, 6) is 0. The van der Waals surface area contributed by atoms with Gasteiger partial charge in [-0.15, -0.1) is 0 Å². The van der Waals surface area contributed by atoms with Gasteiger partial charge in [-0.25, -0.2) is 0 Å². The maximum atomic E-state index is 9.91. The highest BCUT2D eigenvalue weighted by atomic mass is 16.7. The van der Waals surface area contributed by atoms with Gasteiger partial charge in [0.15, 0.2) is 12.3 Å². The summed E-state index contributed by atoms with van der Waals surface area (Å²) in [5, 5.41) is 12.9. The van der Waals surface area contributed by atoms with Gasteiger partial charge in [0.25, 0.3) is 0 Å². The molecule has 0 radical (unpaired) electrons. The summed E-state index contributed by atoms with van der Waals surface area (Å²) in [7, 11) is 1.24. The van der Waals surface area contributed by atoms with Crippen LogP contribution in [-0.2, 0) is 4.84 Å². The summed E-state index contributed by atoms with van der Waals surface area (Å²) in [6.45, 7) is 3.62. The summed E-state index contributed by atoms with van der Waals surface area (Å²) in [4.78, 5) is 4.70. The van der Waals surface area contributed by atoms with Crippen LogP contribution in [0.4, 0.5) is 0 Å². The van der Waals surface area contributed by atoms with Crippen molar-refractivity contribution in [2.45, 2.75) is 0 Å². The second-order valence-electron chi connectivity index (χ2n) is 1.13. The molecule has 0 saturated heterocycles. The highest BCUT2D eigenvalue weighted by Crippen LogP contribution is 1.75. The topological polar surface area (TPSA) is 47.7 Å². The van der Waals surface area contributed by atoms with Crippen LogP contribution in [-0.4, -0.2) is 18.5 Å². The fourth-order valence-corrected chi connectivity index (χ4v) is 0.167. The zero-order valence-corrected chi connectivity index (χ0v) is 4.70. The molecule has 8 heavy (non-hydrogen) atoms. The first kappa shape index (κ1) is 6.94. The van der Waals surface area contributed by atoms with E-state index in [0.29, 0.717) is 4.86 Å². The molecular weight excluding hydrogens is 108 g/mol. The van der Waals surface area contributed by atoms with Gasteiger partial charge in [0.2, 0.25) is 0 Å². The molecule has 0 aromatic carbocycles. The molecule has 4 nitrogen and oxygen atoms in total. The molecule has 4 heteroatoms. The van der Waals surface area contributed by atoms with E-state index in [1.165, 1.54) is 13.1 Å². The van der Waals surface area contributed by atoms with Gasteiger partial charge in [-0.05, 0) is 0 Å². The molecule has 0 amide bonds. The molecule has 0 heterocycles. The summed E-state index contributed by atoms with van der Waals surface area (Å²) in [6.07, 6.45) is 1.51. The lowest BCUT2D eigenvalue weighted by Gasteiger charge is -1.89. The summed E-state index contributed by atoms with van der Waals surface area (Å²) < 4.78 is 0. The number of hydrogen-bond acceptors (Lipinski definition) is 3. The summed E-state index contributed by atoms with van der Waals surface area (Å²) >= 11 is 0. The molecule has 0 aliphatic rings. The molecule has 0 bridgehead atoms. The van der Waals surface area contributed by atoms with Crippen molar-refractivity contribution in [1.29, 1.82) is 0 Å². The van der Waals surface area contributed by atoms with Crippen LogP contribution < -0.4 is 0 Å². The van der Waals surface area contributed by atoms with Crippen LogP contribution in [0.15, 0.2) is 17.9 Å². The van der Waals surface area contributed by atoms with E-state index < -0.39 is 0 Å². The molecule has 0 fully saturated rings. The van der Waals surface area contributed by atoms with Crippen LogP contribution in [0.2, 0.25) is 0 Å². The fraction of sp³-hybridized carbons (Fsp3) is 0.500. The van der Waals surface area contributed by atoms with Crippen LogP contribution in [0.5, 0.6) is 0 Å². The molecule has 0 rings (SSSR count). The summed E-state index contributed by atoms with van der Waals surface area (Å²) in [6, 6.07) is 0. The maximum absolute atomic E-state index is 9.91. The first-order chi connectivity index (χ1) is 3.77. The average Bonchev–Trinajstić information content (AvgIpc) is 1.66. The predicted octanol–water partition coefficient (Wildman–Crippen LogP) is 0.696. The van der Waals surface area contributed by atoms with E-state index in [1.807, 2.05) is 0 Å². The molecule has 0 N–H and O–H groups in total. The second-order valence-corrected chi connectivity index (χ2v) is 1.13. The first-order valence-electron chi connectivity index (χ1n) is 2.12. The molecule has 0 aromatic heterocycles. The van der Waals surface area contributed by atoms with Crippen LogP contribution in [0.3, 0.4) is 0 Å². The monoisotopic (exact) mass is 116 g/mol. The molecular formula is C4H8N2O2. The molecule has 0 aliphatic carbocycles. The van der Waals surface area contributed by atoms with Crippen molar-refractivity contribution in [2.75, 3.05) is 13.7 Å². The molecule has 0 spiro atoms. The SMILES string of the molecule is C=CCON=[N+](C)[O-]. The Kier molecular flexibility index (Phi) is 3.56. The van der Waals surface area contributed by atoms with Gasteiger partial charge in [0, 0.05) is 0 Å². The van der Waals surface area contributed by atoms with Crippen LogP contribution >= 0.6 is 0 Å². The normalized spacial score (nSPS) is 10.9. The molecule has 0 aliphatic heterocycles. The van der Waals surface area contributed by atoms with E-state index in [4.69, 9.17) is 0 Å². The standard InChI is InChI=1S/C4H8N2O2/c1-3-4-8-5-6(2)7/h3H,1,4H2,2H3. The van der Waals surface area contributed by atoms with Crippen LogP contribution in [0.25, 0.3) is 0 Å². The van der Waals surface area contributed by atoms with E-state index >= 15 is 0 Å². The van der Waals surface area contributed by atoms with Gasteiger partial charge in [-0.3, -0.25) is 0 Å². The van der Waals surface area contributed by atoms with E-state index in [2.05, 4.69) is 16.7 Å². The van der Waals surface area contributed by atoms with Crippen molar-refractivity contribution >= 4 is 0 Å². The molecule has 0 atom stereocenters. The highest BCUT2D eigenvalue weighted by Gasteiger charge is 1.77. The summed E-state index contributed by atoms with van der Waals surface area (Å²) in [5.41, 5.74) is 0. The number of rotatable bonds is 3. The van der Waals surface area contributed by atoms with Gasteiger partial charge in [-0.1, -0.05) is 17.5 Å². The lowest BCUT2D eigenvalue weighted by Crippen LogP contribution is -1.91. The van der Waals surface area contributed by atoms with Gasteiger partial charge < -0.3 is 10.0 Å². The Labute approximate surface area is 47.6 Å². The van der Waals surface area contributed by atoms with Gasteiger partial charge in [0.1, 0.15) is 6.61 Å². The van der Waals surface area contributed by atoms with Crippen molar-refractivity contribution in [3.63, 3.8) is 0 Å².